The summed E-state index contributed by atoms with van der Waals surface area (Å²) in [6.45, 7) is 5.58. The maximum Gasteiger partial charge on any atom is 0.316 e. The zero-order valence-corrected chi connectivity index (χ0v) is 17.0. The van der Waals surface area contributed by atoms with Gasteiger partial charge in [0.1, 0.15) is 0 Å². The Morgan fingerprint density at radius 2 is 2.00 bits per heavy atom. The molecule has 0 unspecified atom stereocenters. The molecule has 1 aliphatic heterocycles. The number of esters is 1. The van der Waals surface area contributed by atoms with Gasteiger partial charge in [-0.15, -0.1) is 0 Å². The van der Waals surface area contributed by atoms with Crippen molar-refractivity contribution in [3.8, 4) is 6.07 Å². The third-order valence-electron chi connectivity index (χ3n) is 4.03. The summed E-state index contributed by atoms with van der Waals surface area (Å²) in [6.07, 6.45) is 0.753. The minimum atomic E-state index is -0.500. The molecule has 5 nitrogen and oxygen atoms in total. The fourth-order valence-corrected chi connectivity index (χ4v) is 3.89. The first-order valence-corrected chi connectivity index (χ1v) is 9.92. The normalized spacial score (nSPS) is 16.6. The quantitative estimate of drug-likeness (QED) is 0.682. The number of Topliss-reactive ketones (excluding diaryl/α,β-unsaturated/α-hetero) is 1. The van der Waals surface area contributed by atoms with Crippen LogP contribution in [0.25, 0.3) is 0 Å². The number of ether oxygens (including phenoxy) is 1. The second kappa shape index (κ2) is 9.63. The third-order valence-corrected chi connectivity index (χ3v) is 5.27. The van der Waals surface area contributed by atoms with Crippen molar-refractivity contribution in [1.82, 2.24) is 5.32 Å². The number of hydrogen-bond acceptors (Lipinski definition) is 6. The van der Waals surface area contributed by atoms with Crippen LogP contribution in [-0.4, -0.2) is 24.1 Å². The van der Waals surface area contributed by atoms with Crippen molar-refractivity contribution in [3.63, 3.8) is 0 Å². The molecule has 1 atom stereocenters. The molecule has 0 saturated heterocycles. The average Bonchev–Trinajstić information content (AvgIpc) is 2.64. The lowest BCUT2D eigenvalue weighted by Gasteiger charge is -2.29. The van der Waals surface area contributed by atoms with Gasteiger partial charge in [-0.05, 0) is 38.0 Å². The summed E-state index contributed by atoms with van der Waals surface area (Å²) in [5.74, 6) is -0.862. The molecule has 0 saturated carbocycles. The van der Waals surface area contributed by atoms with Crippen molar-refractivity contribution in [2.24, 2.45) is 0 Å². The number of benzene rings is 1. The number of nitrogens with zero attached hydrogens (tertiary/aromatic N) is 1. The van der Waals surface area contributed by atoms with Crippen LogP contribution in [0.3, 0.4) is 0 Å². The Morgan fingerprint density at radius 1 is 1.33 bits per heavy atom. The van der Waals surface area contributed by atoms with Gasteiger partial charge in [0.15, 0.2) is 5.78 Å². The molecule has 0 radical (unpaired) electrons. The van der Waals surface area contributed by atoms with Crippen molar-refractivity contribution >= 4 is 35.1 Å². The van der Waals surface area contributed by atoms with E-state index in [4.69, 9.17) is 16.3 Å². The molecule has 0 aliphatic carbocycles. The van der Waals surface area contributed by atoms with E-state index in [2.05, 4.69) is 11.4 Å². The fourth-order valence-electron chi connectivity index (χ4n) is 2.87. The number of rotatable bonds is 7. The van der Waals surface area contributed by atoms with Gasteiger partial charge in [0.2, 0.25) is 0 Å². The standard InChI is InChI=1S/C20H21ClN2O3S/c1-4-9-26-17(25)11-27-20-16(10-22)19(14-5-7-15(21)8-6-14)18(13(3)24)12(2)23-20/h5-8,19,23H,4,9,11H2,1-3H3/t19-/m1/s1. The number of nitrogens with one attached hydrogen (secondary N) is 1. The molecule has 1 N–H and O–H groups in total. The van der Waals surface area contributed by atoms with Crippen LogP contribution in [0.4, 0.5) is 0 Å². The van der Waals surface area contributed by atoms with Crippen LogP contribution in [-0.2, 0) is 14.3 Å². The Kier molecular flexibility index (Phi) is 7.52. The highest BCUT2D eigenvalue weighted by Gasteiger charge is 2.33. The summed E-state index contributed by atoms with van der Waals surface area (Å²) < 4.78 is 5.09. The van der Waals surface area contributed by atoms with Gasteiger partial charge in [0.25, 0.3) is 0 Å². The molecular weight excluding hydrogens is 384 g/mol. The Bertz CT molecular complexity index is 838. The molecule has 7 heteroatoms. The van der Waals surface area contributed by atoms with E-state index in [1.54, 1.807) is 19.1 Å². The van der Waals surface area contributed by atoms with Gasteiger partial charge in [0, 0.05) is 16.3 Å². The Balaban J connectivity index is 2.40. The topological polar surface area (TPSA) is 79.2 Å². The maximum atomic E-state index is 12.3. The maximum absolute atomic E-state index is 12.3. The van der Waals surface area contributed by atoms with E-state index in [1.165, 1.54) is 18.7 Å². The van der Waals surface area contributed by atoms with E-state index >= 15 is 0 Å². The summed E-state index contributed by atoms with van der Waals surface area (Å²) in [4.78, 5) is 24.1. The highest BCUT2D eigenvalue weighted by atomic mass is 35.5. The summed E-state index contributed by atoms with van der Waals surface area (Å²) in [5, 5.41) is 14.1. The van der Waals surface area contributed by atoms with E-state index in [0.29, 0.717) is 33.5 Å². The van der Waals surface area contributed by atoms with E-state index in [1.807, 2.05) is 19.1 Å². The van der Waals surface area contributed by atoms with Crippen LogP contribution in [0.15, 0.2) is 46.1 Å². The van der Waals surface area contributed by atoms with Crippen LogP contribution in [0.1, 0.15) is 38.7 Å². The predicted octanol–water partition coefficient (Wildman–Crippen LogP) is 4.31. The molecule has 0 fully saturated rings. The van der Waals surface area contributed by atoms with E-state index in [-0.39, 0.29) is 17.5 Å². The molecule has 0 bridgehead atoms. The van der Waals surface area contributed by atoms with Crippen LogP contribution in [0, 0.1) is 11.3 Å². The smallest absolute Gasteiger partial charge is 0.316 e. The molecular formula is C20H21ClN2O3S. The summed E-state index contributed by atoms with van der Waals surface area (Å²) in [5.41, 5.74) is 2.41. The lowest BCUT2D eigenvalue weighted by atomic mass is 9.81. The molecule has 1 aliphatic rings. The molecule has 0 aromatic heterocycles. The monoisotopic (exact) mass is 404 g/mol. The molecule has 0 amide bonds. The zero-order valence-electron chi connectivity index (χ0n) is 15.5. The number of ketones is 1. The number of hydrogen-bond donors (Lipinski definition) is 1. The highest BCUT2D eigenvalue weighted by Crippen LogP contribution is 2.41. The summed E-state index contributed by atoms with van der Waals surface area (Å²) in [7, 11) is 0. The van der Waals surface area contributed by atoms with Gasteiger partial charge in [-0.25, -0.2) is 0 Å². The molecule has 142 valence electrons. The number of carbonyl (C=O) groups is 2. The van der Waals surface area contributed by atoms with Gasteiger partial charge < -0.3 is 10.1 Å². The van der Waals surface area contributed by atoms with Crippen LogP contribution in [0.5, 0.6) is 0 Å². The Morgan fingerprint density at radius 3 is 2.56 bits per heavy atom. The SMILES string of the molecule is CCCOC(=O)CSC1=C(C#N)[C@@H](c2ccc(Cl)cc2)C(C(C)=O)=C(C)N1. The van der Waals surface area contributed by atoms with Gasteiger partial charge in [0.05, 0.1) is 34.9 Å². The first kappa shape index (κ1) is 21.1. The van der Waals surface area contributed by atoms with Crippen molar-refractivity contribution in [2.75, 3.05) is 12.4 Å². The minimum absolute atomic E-state index is 0.0868. The lowest BCUT2D eigenvalue weighted by molar-refractivity contribution is -0.140. The second-order valence-electron chi connectivity index (χ2n) is 6.07. The molecule has 1 heterocycles. The minimum Gasteiger partial charge on any atom is -0.465 e. The second-order valence-corrected chi connectivity index (χ2v) is 7.49. The molecule has 27 heavy (non-hydrogen) atoms. The number of halogens is 1. The Labute approximate surface area is 168 Å². The summed E-state index contributed by atoms with van der Waals surface area (Å²) in [6, 6.07) is 9.30. The van der Waals surface area contributed by atoms with Crippen LogP contribution >= 0.6 is 23.4 Å². The number of allylic oxidation sites excluding steroid dienone is 3. The van der Waals surface area contributed by atoms with Gasteiger partial charge in [-0.3, -0.25) is 9.59 Å². The largest absolute Gasteiger partial charge is 0.465 e. The highest BCUT2D eigenvalue weighted by molar-refractivity contribution is 8.03. The van der Waals surface area contributed by atoms with Crippen molar-refractivity contribution in [1.29, 1.82) is 5.26 Å². The van der Waals surface area contributed by atoms with E-state index < -0.39 is 5.92 Å². The fraction of sp³-hybridized carbons (Fsp3) is 0.350. The van der Waals surface area contributed by atoms with Crippen LogP contribution < -0.4 is 5.32 Å². The lowest BCUT2D eigenvalue weighted by Crippen LogP contribution is -2.27. The predicted molar refractivity (Wildman–Crippen MR) is 107 cm³/mol. The van der Waals surface area contributed by atoms with Crippen LogP contribution in [0.2, 0.25) is 5.02 Å². The number of carbonyl (C=O) groups excluding carboxylic acids is 2. The van der Waals surface area contributed by atoms with Crippen molar-refractivity contribution in [3.05, 3.63) is 56.7 Å². The Hall–Kier alpha value is -2.23. The third kappa shape index (κ3) is 5.15. The van der Waals surface area contributed by atoms with Gasteiger partial charge in [-0.2, -0.15) is 5.26 Å². The number of thioether (sulfide) groups is 1. The zero-order chi connectivity index (χ0) is 20.0. The number of dihydropyridines is 1. The van der Waals surface area contributed by atoms with Crippen molar-refractivity contribution < 1.29 is 14.3 Å². The van der Waals surface area contributed by atoms with E-state index in [9.17, 15) is 14.9 Å². The number of nitriles is 1. The first-order valence-electron chi connectivity index (χ1n) is 8.55. The molecule has 0 spiro atoms. The van der Waals surface area contributed by atoms with E-state index in [0.717, 1.165) is 12.0 Å². The van der Waals surface area contributed by atoms with Crippen molar-refractivity contribution in [2.45, 2.75) is 33.1 Å². The van der Waals surface area contributed by atoms with Gasteiger partial charge >= 0.3 is 5.97 Å². The molecule has 1 aromatic carbocycles. The molecule has 2 rings (SSSR count). The summed E-state index contributed by atoms with van der Waals surface area (Å²) >= 11 is 7.19. The average molecular weight is 405 g/mol. The molecule has 1 aromatic rings. The van der Waals surface area contributed by atoms with Gasteiger partial charge in [-0.1, -0.05) is 42.4 Å². The first-order chi connectivity index (χ1) is 12.9.